The van der Waals surface area contributed by atoms with Crippen LogP contribution in [0.1, 0.15) is 40.1 Å². The number of carboxylic acid groups (broad SMARTS) is 1. The van der Waals surface area contributed by atoms with Gasteiger partial charge in [0.15, 0.2) is 0 Å². The number of carboxylic acids is 1. The van der Waals surface area contributed by atoms with Crippen LogP contribution in [0, 0.1) is 19.8 Å². The number of thiophene rings is 2. The van der Waals surface area contributed by atoms with Crippen LogP contribution in [0.5, 0.6) is 0 Å². The SMILES string of the molecule is Br.Cc1ccsc1C(=CCCN1CCC[C@@H](C(=O)O)C1)c1sccc1C.Cl. The van der Waals surface area contributed by atoms with Gasteiger partial charge in [-0.15, -0.1) is 52.1 Å². The van der Waals surface area contributed by atoms with Crippen LogP contribution >= 0.6 is 52.1 Å². The van der Waals surface area contributed by atoms with Gasteiger partial charge in [-0.2, -0.15) is 0 Å². The van der Waals surface area contributed by atoms with E-state index < -0.39 is 5.97 Å². The molecule has 1 aliphatic rings. The number of carbonyl (C=O) groups is 1. The van der Waals surface area contributed by atoms with E-state index in [0.29, 0.717) is 6.54 Å². The van der Waals surface area contributed by atoms with E-state index in [4.69, 9.17) is 0 Å². The van der Waals surface area contributed by atoms with Gasteiger partial charge >= 0.3 is 5.97 Å². The van der Waals surface area contributed by atoms with E-state index in [9.17, 15) is 9.90 Å². The molecule has 0 aromatic carbocycles. The molecule has 1 saturated heterocycles. The van der Waals surface area contributed by atoms with Crippen molar-refractivity contribution >= 4 is 63.6 Å². The van der Waals surface area contributed by atoms with E-state index in [2.05, 4.69) is 47.7 Å². The van der Waals surface area contributed by atoms with Crippen molar-refractivity contribution in [1.29, 1.82) is 0 Å². The van der Waals surface area contributed by atoms with Crippen molar-refractivity contribution in [3.05, 3.63) is 49.9 Å². The molecule has 3 heterocycles. The second-order valence-electron chi connectivity index (χ2n) is 6.75. The van der Waals surface area contributed by atoms with E-state index in [1.807, 2.05) is 0 Å². The molecule has 0 bridgehead atoms. The van der Waals surface area contributed by atoms with Gasteiger partial charge in [0.05, 0.1) is 5.92 Å². The predicted molar refractivity (Wildman–Crippen MR) is 124 cm³/mol. The van der Waals surface area contributed by atoms with Crippen LogP contribution in [-0.4, -0.2) is 35.6 Å². The predicted octanol–water partition coefficient (Wildman–Crippen LogP) is 6.04. The molecule has 0 unspecified atom stereocenters. The molecule has 3 rings (SSSR count). The van der Waals surface area contributed by atoms with Gasteiger partial charge in [0.25, 0.3) is 0 Å². The average molecular weight is 493 g/mol. The molecule has 1 atom stereocenters. The summed E-state index contributed by atoms with van der Waals surface area (Å²) in [4.78, 5) is 16.2. The standard InChI is InChI=1S/C20H25NO2S2.BrH.ClH/c1-14-7-11-24-18(14)17(19-15(2)8-12-25-19)6-4-10-21-9-3-5-16(13-21)20(22)23;;/h6-8,11-12,16H,3-5,9-10,13H2,1-2H3,(H,22,23);2*1H/t16-;;/m1../s1. The second kappa shape index (κ2) is 11.4. The number of halogens is 2. The highest BCUT2D eigenvalue weighted by atomic mass is 79.9. The van der Waals surface area contributed by atoms with Crippen LogP contribution in [0.4, 0.5) is 0 Å². The number of nitrogens with zero attached hydrogens (tertiary/aromatic N) is 1. The maximum absolute atomic E-state index is 11.2. The summed E-state index contributed by atoms with van der Waals surface area (Å²) in [6, 6.07) is 4.36. The molecule has 0 aliphatic carbocycles. The summed E-state index contributed by atoms with van der Waals surface area (Å²) in [5, 5.41) is 13.6. The van der Waals surface area contributed by atoms with Crippen LogP contribution in [-0.2, 0) is 4.79 Å². The topological polar surface area (TPSA) is 40.5 Å². The first-order valence-corrected chi connectivity index (χ1v) is 10.6. The molecule has 2 aromatic rings. The maximum atomic E-state index is 11.2. The highest BCUT2D eigenvalue weighted by Gasteiger charge is 2.24. The Morgan fingerprint density at radius 1 is 1.22 bits per heavy atom. The lowest BCUT2D eigenvalue weighted by atomic mass is 9.98. The van der Waals surface area contributed by atoms with Crippen molar-refractivity contribution < 1.29 is 9.90 Å². The zero-order chi connectivity index (χ0) is 17.8. The fourth-order valence-electron chi connectivity index (χ4n) is 3.44. The molecule has 27 heavy (non-hydrogen) atoms. The number of aryl methyl sites for hydroxylation is 2. The van der Waals surface area contributed by atoms with Gasteiger partial charge in [-0.25, -0.2) is 0 Å². The monoisotopic (exact) mass is 491 g/mol. The minimum atomic E-state index is -0.649. The van der Waals surface area contributed by atoms with Crippen molar-refractivity contribution in [1.82, 2.24) is 4.90 Å². The Labute approximate surface area is 186 Å². The summed E-state index contributed by atoms with van der Waals surface area (Å²) in [5.74, 6) is -0.847. The van der Waals surface area contributed by atoms with Gasteiger partial charge in [0.1, 0.15) is 0 Å². The molecule has 3 nitrogen and oxygen atoms in total. The van der Waals surface area contributed by atoms with Gasteiger partial charge < -0.3 is 10.0 Å². The fourth-order valence-corrected chi connectivity index (χ4v) is 5.45. The molecule has 0 saturated carbocycles. The second-order valence-corrected chi connectivity index (χ2v) is 8.58. The minimum absolute atomic E-state index is 0. The zero-order valence-electron chi connectivity index (χ0n) is 15.6. The highest BCUT2D eigenvalue weighted by Crippen LogP contribution is 2.35. The first-order valence-electron chi connectivity index (χ1n) is 8.80. The molecule has 0 spiro atoms. The summed E-state index contributed by atoms with van der Waals surface area (Å²) in [7, 11) is 0. The highest BCUT2D eigenvalue weighted by molar-refractivity contribution is 8.93. The lowest BCUT2D eigenvalue weighted by molar-refractivity contribution is -0.143. The summed E-state index contributed by atoms with van der Waals surface area (Å²) in [6.07, 6.45) is 5.11. The number of hydrogen-bond donors (Lipinski definition) is 1. The summed E-state index contributed by atoms with van der Waals surface area (Å²) < 4.78 is 0. The third kappa shape index (κ3) is 6.16. The normalized spacial score (nSPS) is 16.9. The van der Waals surface area contributed by atoms with E-state index >= 15 is 0 Å². The first kappa shape index (κ1) is 24.4. The molecule has 1 fully saturated rings. The van der Waals surface area contributed by atoms with Crippen LogP contribution in [0.15, 0.2) is 29.0 Å². The quantitative estimate of drug-likeness (QED) is 0.534. The van der Waals surface area contributed by atoms with Crippen LogP contribution in [0.25, 0.3) is 5.57 Å². The van der Waals surface area contributed by atoms with E-state index in [0.717, 1.165) is 32.4 Å². The van der Waals surface area contributed by atoms with E-state index in [1.165, 1.54) is 26.5 Å². The Hall–Kier alpha value is -0.660. The molecule has 150 valence electrons. The Morgan fingerprint density at radius 3 is 2.30 bits per heavy atom. The minimum Gasteiger partial charge on any atom is -0.481 e. The summed E-state index contributed by atoms with van der Waals surface area (Å²) in [6.45, 7) is 6.98. The van der Waals surface area contributed by atoms with E-state index in [-0.39, 0.29) is 35.3 Å². The lowest BCUT2D eigenvalue weighted by Gasteiger charge is -2.30. The van der Waals surface area contributed by atoms with Crippen LogP contribution in [0.3, 0.4) is 0 Å². The molecular formula is C20H27BrClNO2S2. The van der Waals surface area contributed by atoms with Crippen molar-refractivity contribution in [2.75, 3.05) is 19.6 Å². The number of likely N-dealkylation sites (tertiary alicyclic amines) is 1. The Morgan fingerprint density at radius 2 is 1.81 bits per heavy atom. The van der Waals surface area contributed by atoms with Crippen LogP contribution < -0.4 is 0 Å². The van der Waals surface area contributed by atoms with Gasteiger partial charge in [-0.1, -0.05) is 6.08 Å². The molecule has 0 amide bonds. The smallest absolute Gasteiger partial charge is 0.307 e. The molecule has 7 heteroatoms. The number of piperidine rings is 1. The molecule has 1 aliphatic heterocycles. The summed E-state index contributed by atoms with van der Waals surface area (Å²) in [5.41, 5.74) is 3.99. The third-order valence-electron chi connectivity index (χ3n) is 4.86. The van der Waals surface area contributed by atoms with Crippen molar-refractivity contribution in [3.8, 4) is 0 Å². The van der Waals surface area contributed by atoms with Crippen molar-refractivity contribution in [2.24, 2.45) is 5.92 Å². The number of aliphatic carboxylic acids is 1. The molecule has 1 N–H and O–H groups in total. The van der Waals surface area contributed by atoms with Gasteiger partial charge in [0.2, 0.25) is 0 Å². The third-order valence-corrected chi connectivity index (χ3v) is 6.96. The Bertz CT molecular complexity index is 729. The van der Waals surface area contributed by atoms with Gasteiger partial charge in [-0.05, 0) is 73.7 Å². The maximum Gasteiger partial charge on any atom is 0.307 e. The molecular weight excluding hydrogens is 466 g/mol. The van der Waals surface area contributed by atoms with Gasteiger partial charge in [-0.3, -0.25) is 4.79 Å². The Balaban J connectivity index is 0.00000182. The largest absolute Gasteiger partial charge is 0.481 e. The zero-order valence-corrected chi connectivity index (χ0v) is 19.8. The fraction of sp³-hybridized carbons (Fsp3) is 0.450. The average Bonchev–Trinajstić information content (AvgIpc) is 3.21. The Kier molecular flexibility index (Phi) is 10.3. The number of hydrogen-bond acceptors (Lipinski definition) is 4. The van der Waals surface area contributed by atoms with E-state index in [1.54, 1.807) is 22.7 Å². The lowest BCUT2D eigenvalue weighted by Crippen LogP contribution is -2.39. The number of rotatable bonds is 6. The van der Waals surface area contributed by atoms with Crippen molar-refractivity contribution in [3.63, 3.8) is 0 Å². The first-order chi connectivity index (χ1) is 12.1. The summed E-state index contributed by atoms with van der Waals surface area (Å²) >= 11 is 3.60. The molecule has 2 aromatic heterocycles. The van der Waals surface area contributed by atoms with Crippen molar-refractivity contribution in [2.45, 2.75) is 33.1 Å². The molecule has 0 radical (unpaired) electrons. The van der Waals surface area contributed by atoms with Crippen LogP contribution in [0.2, 0.25) is 0 Å². The van der Waals surface area contributed by atoms with Gasteiger partial charge in [0, 0.05) is 28.4 Å².